The van der Waals surface area contributed by atoms with E-state index in [4.69, 9.17) is 23.2 Å². The maximum Gasteiger partial charge on any atom is 0.101 e. The maximum absolute atomic E-state index is 7.16. The lowest BCUT2D eigenvalue weighted by Crippen LogP contribution is -2.63. The molecule has 2 saturated heterocycles. The molecule has 4 nitrogen and oxygen atoms in total. The van der Waals surface area contributed by atoms with Gasteiger partial charge >= 0.3 is 0 Å². The summed E-state index contributed by atoms with van der Waals surface area (Å²) in [4.78, 5) is 6.76. The van der Waals surface area contributed by atoms with Crippen LogP contribution in [-0.2, 0) is 0 Å². The van der Waals surface area contributed by atoms with Gasteiger partial charge in [-0.2, -0.15) is 0 Å². The van der Waals surface area contributed by atoms with Crippen molar-refractivity contribution in [2.24, 2.45) is 10.8 Å². The summed E-state index contributed by atoms with van der Waals surface area (Å²) in [5.41, 5.74) is -0.0723. The Morgan fingerprint density at radius 1 is 0.958 bits per heavy atom. The summed E-state index contributed by atoms with van der Waals surface area (Å²) in [7, 11) is 2.12. The zero-order chi connectivity index (χ0) is 18.2. The molecule has 0 aromatic rings. The Labute approximate surface area is 158 Å². The zero-order valence-corrected chi connectivity index (χ0v) is 17.8. The van der Waals surface area contributed by atoms with E-state index in [0.29, 0.717) is 0 Å². The molecule has 0 saturated carbocycles. The molecule has 2 aliphatic rings. The average molecular weight is 379 g/mol. The predicted octanol–water partition coefficient (Wildman–Crippen LogP) is 2.71. The molecule has 2 rings (SSSR count). The van der Waals surface area contributed by atoms with E-state index in [2.05, 4.69) is 61.7 Å². The van der Waals surface area contributed by atoms with Crippen LogP contribution < -0.4 is 5.32 Å². The fourth-order valence-corrected chi connectivity index (χ4v) is 4.59. The molecule has 4 unspecified atom stereocenters. The van der Waals surface area contributed by atoms with Gasteiger partial charge in [-0.3, -0.25) is 9.80 Å². The predicted molar refractivity (Wildman–Crippen MR) is 105 cm³/mol. The average Bonchev–Trinajstić information content (AvgIpc) is 2.48. The van der Waals surface area contributed by atoms with Crippen molar-refractivity contribution in [3.63, 3.8) is 0 Å². The number of halogens is 2. The first-order valence-electron chi connectivity index (χ1n) is 9.19. The Morgan fingerprint density at radius 3 is 2.25 bits per heavy atom. The third-order valence-corrected chi connectivity index (χ3v) is 7.63. The lowest BCUT2D eigenvalue weighted by atomic mass is 9.82. The summed E-state index contributed by atoms with van der Waals surface area (Å²) in [6.07, 6.45) is 0. The fourth-order valence-electron chi connectivity index (χ4n) is 3.95. The molecule has 2 fully saturated rings. The van der Waals surface area contributed by atoms with Gasteiger partial charge in [0.1, 0.15) is 5.00 Å². The van der Waals surface area contributed by atoms with Gasteiger partial charge in [-0.15, -0.1) is 23.2 Å². The lowest BCUT2D eigenvalue weighted by molar-refractivity contribution is 0.0000639. The normalized spacial score (nSPS) is 41.8. The Bertz CT molecular complexity index is 425. The summed E-state index contributed by atoms with van der Waals surface area (Å²) in [5.74, 6) is 0. The fraction of sp³-hybridized carbons (Fsp3) is 1.00. The molecule has 2 bridgehead atoms. The second-order valence-corrected chi connectivity index (χ2v) is 10.2. The molecule has 1 N–H and O–H groups in total. The number of rotatable bonds is 0. The van der Waals surface area contributed by atoms with Gasteiger partial charge in [-0.25, -0.2) is 0 Å². The van der Waals surface area contributed by atoms with Crippen molar-refractivity contribution in [2.45, 2.75) is 45.1 Å². The standard InChI is InChI=1S/C18H36Cl2N4/c1-16(2)13-21-7-8-24-12-11-23(14-16)10-9-22(6)15(19)17(3,4)18(24,5)20/h15,21H,7-14H2,1-6H3. The zero-order valence-electron chi connectivity index (χ0n) is 16.3. The van der Waals surface area contributed by atoms with Crippen molar-refractivity contribution in [3.05, 3.63) is 0 Å². The van der Waals surface area contributed by atoms with E-state index in [1.807, 2.05) is 0 Å². The Hall–Kier alpha value is 0.420. The minimum absolute atomic E-state index is 0.105. The van der Waals surface area contributed by atoms with E-state index < -0.39 is 5.00 Å². The van der Waals surface area contributed by atoms with Crippen LogP contribution in [0.3, 0.4) is 0 Å². The van der Waals surface area contributed by atoms with Crippen molar-refractivity contribution >= 4 is 23.2 Å². The first kappa shape index (κ1) is 20.7. The van der Waals surface area contributed by atoms with Gasteiger partial charge in [0, 0.05) is 57.8 Å². The first-order valence-corrected chi connectivity index (χ1v) is 10.0. The number of alkyl halides is 2. The van der Waals surface area contributed by atoms with E-state index in [-0.39, 0.29) is 16.3 Å². The molecule has 6 heteroatoms. The summed E-state index contributed by atoms with van der Waals surface area (Å²) in [6.45, 7) is 19.3. The van der Waals surface area contributed by atoms with Crippen LogP contribution in [0.5, 0.6) is 0 Å². The number of nitrogens with one attached hydrogen (secondary N) is 1. The van der Waals surface area contributed by atoms with Crippen LogP contribution in [0.25, 0.3) is 0 Å². The largest absolute Gasteiger partial charge is 0.315 e. The molecule has 0 radical (unpaired) electrons. The molecule has 2 heterocycles. The number of nitrogens with zero attached hydrogens (tertiary/aromatic N) is 3. The second-order valence-electron chi connectivity index (χ2n) is 9.10. The highest BCUT2D eigenvalue weighted by Gasteiger charge is 2.50. The van der Waals surface area contributed by atoms with Crippen molar-refractivity contribution in [1.29, 1.82) is 0 Å². The quantitative estimate of drug-likeness (QED) is 0.516. The monoisotopic (exact) mass is 378 g/mol. The number of likely N-dealkylation sites (N-methyl/N-ethyl adjacent to an activating group) is 1. The van der Waals surface area contributed by atoms with Gasteiger partial charge in [-0.05, 0) is 19.4 Å². The van der Waals surface area contributed by atoms with E-state index in [0.717, 1.165) is 52.4 Å². The molecule has 0 aromatic carbocycles. The summed E-state index contributed by atoms with van der Waals surface area (Å²) >= 11 is 14.0. The highest BCUT2D eigenvalue weighted by atomic mass is 35.5. The lowest BCUT2D eigenvalue weighted by Gasteiger charge is -2.53. The topological polar surface area (TPSA) is 21.8 Å². The second kappa shape index (κ2) is 7.58. The van der Waals surface area contributed by atoms with Crippen LogP contribution >= 0.6 is 23.2 Å². The van der Waals surface area contributed by atoms with E-state index in [1.165, 1.54) is 0 Å². The Kier molecular flexibility index (Phi) is 6.54. The highest BCUT2D eigenvalue weighted by Crippen LogP contribution is 2.45. The molecule has 24 heavy (non-hydrogen) atoms. The third kappa shape index (κ3) is 4.39. The van der Waals surface area contributed by atoms with Crippen LogP contribution in [0.1, 0.15) is 34.6 Å². The third-order valence-electron chi connectivity index (χ3n) is 6.02. The van der Waals surface area contributed by atoms with Crippen molar-refractivity contribution in [1.82, 2.24) is 20.0 Å². The molecule has 142 valence electrons. The van der Waals surface area contributed by atoms with Crippen LogP contribution in [0.4, 0.5) is 0 Å². The summed E-state index contributed by atoms with van der Waals surface area (Å²) in [6, 6.07) is 0. The number of fused-ring (bicyclic) bond motifs is 3. The smallest absolute Gasteiger partial charge is 0.101 e. The first-order chi connectivity index (χ1) is 11.0. The van der Waals surface area contributed by atoms with E-state index in [1.54, 1.807) is 0 Å². The minimum atomic E-state index is -0.493. The number of hydrogen-bond acceptors (Lipinski definition) is 4. The van der Waals surface area contributed by atoms with Crippen LogP contribution in [0.2, 0.25) is 0 Å². The summed E-state index contributed by atoms with van der Waals surface area (Å²) in [5, 5.41) is 3.63. The molecule has 0 amide bonds. The SMILES string of the molecule is CN1CCN2CCN(CCNCC(C)(C)C2)C(C)(Cl)C(C)(C)C1Cl. The minimum Gasteiger partial charge on any atom is -0.315 e. The molecule has 2 aliphatic heterocycles. The Morgan fingerprint density at radius 2 is 1.58 bits per heavy atom. The molecule has 0 spiro atoms. The van der Waals surface area contributed by atoms with Crippen molar-refractivity contribution < 1.29 is 0 Å². The van der Waals surface area contributed by atoms with Gasteiger partial charge in [-0.1, -0.05) is 27.7 Å². The molecule has 0 aromatic heterocycles. The highest BCUT2D eigenvalue weighted by molar-refractivity contribution is 6.26. The number of hydrogen-bond donors (Lipinski definition) is 1. The van der Waals surface area contributed by atoms with Crippen LogP contribution in [0, 0.1) is 10.8 Å². The molecular weight excluding hydrogens is 343 g/mol. The van der Waals surface area contributed by atoms with Gasteiger partial charge < -0.3 is 10.2 Å². The van der Waals surface area contributed by atoms with Crippen molar-refractivity contribution in [2.75, 3.05) is 59.4 Å². The maximum atomic E-state index is 7.16. The van der Waals surface area contributed by atoms with Gasteiger partial charge in [0.25, 0.3) is 0 Å². The molecular formula is C18H36Cl2N4. The van der Waals surface area contributed by atoms with Gasteiger partial charge in [0.05, 0.1) is 5.50 Å². The molecule has 4 atom stereocenters. The Balaban J connectivity index is 2.33. The van der Waals surface area contributed by atoms with Gasteiger partial charge in [0.2, 0.25) is 0 Å². The van der Waals surface area contributed by atoms with Crippen molar-refractivity contribution in [3.8, 4) is 0 Å². The van der Waals surface area contributed by atoms with E-state index >= 15 is 0 Å². The molecule has 0 aliphatic carbocycles. The van der Waals surface area contributed by atoms with E-state index in [9.17, 15) is 0 Å². The van der Waals surface area contributed by atoms with Crippen LogP contribution in [0.15, 0.2) is 0 Å². The van der Waals surface area contributed by atoms with Crippen LogP contribution in [-0.4, -0.2) is 84.6 Å². The van der Waals surface area contributed by atoms with Gasteiger partial charge in [0.15, 0.2) is 0 Å². The summed E-state index contributed by atoms with van der Waals surface area (Å²) < 4.78 is 0.